The molecule has 1 fully saturated rings. The summed E-state index contributed by atoms with van der Waals surface area (Å²) in [6.07, 6.45) is 3.93. The minimum absolute atomic E-state index is 0.00600. The van der Waals surface area contributed by atoms with E-state index in [0.29, 0.717) is 12.5 Å². The second-order valence-electron chi connectivity index (χ2n) is 7.17. The summed E-state index contributed by atoms with van der Waals surface area (Å²) >= 11 is 0. The van der Waals surface area contributed by atoms with E-state index < -0.39 is 0 Å². The van der Waals surface area contributed by atoms with Crippen LogP contribution in [0.5, 0.6) is 0 Å². The van der Waals surface area contributed by atoms with E-state index in [-0.39, 0.29) is 5.91 Å². The van der Waals surface area contributed by atoms with Crippen LogP contribution in [-0.4, -0.2) is 45.1 Å². The number of piperidine rings is 1. The van der Waals surface area contributed by atoms with Gasteiger partial charge in [0.1, 0.15) is 0 Å². The topological polar surface area (TPSA) is 78.8 Å². The van der Waals surface area contributed by atoms with Gasteiger partial charge in [-0.3, -0.25) is 4.79 Å². The van der Waals surface area contributed by atoms with Gasteiger partial charge < -0.3 is 19.8 Å². The minimum Gasteiger partial charge on any atom is -0.350 e. The van der Waals surface area contributed by atoms with Crippen molar-refractivity contribution in [2.24, 2.45) is 0 Å². The van der Waals surface area contributed by atoms with Gasteiger partial charge in [0, 0.05) is 37.8 Å². The molecule has 2 aliphatic rings. The molecule has 2 aromatic heterocycles. The molecule has 1 aromatic carbocycles. The Morgan fingerprint density at radius 3 is 2.81 bits per heavy atom. The molecule has 7 heteroatoms. The first-order chi connectivity index (χ1) is 12.7. The lowest BCUT2D eigenvalue weighted by Gasteiger charge is -2.32. The summed E-state index contributed by atoms with van der Waals surface area (Å²) < 4.78 is 2.21. The first-order valence-corrected chi connectivity index (χ1v) is 9.24. The van der Waals surface area contributed by atoms with Crippen LogP contribution < -0.4 is 10.2 Å². The monoisotopic (exact) mass is 350 g/mol. The Hall–Kier alpha value is -2.83. The van der Waals surface area contributed by atoms with Crippen LogP contribution in [0, 0.1) is 6.92 Å². The lowest BCUT2D eigenvalue weighted by Crippen LogP contribution is -2.35. The summed E-state index contributed by atoms with van der Waals surface area (Å²) in [7, 11) is 0. The molecular weight excluding hydrogens is 328 g/mol. The van der Waals surface area contributed by atoms with Crippen LogP contribution in [0.1, 0.15) is 40.5 Å². The van der Waals surface area contributed by atoms with Gasteiger partial charge in [-0.2, -0.15) is 0 Å². The molecule has 3 aromatic rings. The molecule has 1 saturated heterocycles. The van der Waals surface area contributed by atoms with Crippen molar-refractivity contribution in [3.05, 3.63) is 41.5 Å². The molecule has 7 nitrogen and oxygen atoms in total. The van der Waals surface area contributed by atoms with Crippen molar-refractivity contribution < 1.29 is 4.79 Å². The van der Waals surface area contributed by atoms with Gasteiger partial charge >= 0.3 is 0 Å². The van der Waals surface area contributed by atoms with Crippen LogP contribution in [0.4, 0.5) is 5.95 Å². The molecule has 134 valence electrons. The molecule has 0 spiro atoms. The Morgan fingerprint density at radius 1 is 1.19 bits per heavy atom. The lowest BCUT2D eigenvalue weighted by molar-refractivity contribution is 0.0956. The maximum atomic E-state index is 12.3. The zero-order valence-corrected chi connectivity index (χ0v) is 14.8. The van der Waals surface area contributed by atoms with E-state index in [2.05, 4.69) is 31.7 Å². The first-order valence-electron chi connectivity index (χ1n) is 9.24. The summed E-state index contributed by atoms with van der Waals surface area (Å²) in [5, 5.41) is 2.98. The van der Waals surface area contributed by atoms with Crippen LogP contribution in [0.15, 0.2) is 24.5 Å². The zero-order chi connectivity index (χ0) is 17.7. The zero-order valence-electron chi connectivity index (χ0n) is 14.8. The van der Waals surface area contributed by atoms with E-state index >= 15 is 0 Å². The van der Waals surface area contributed by atoms with Crippen molar-refractivity contribution in [3.63, 3.8) is 0 Å². The fourth-order valence-corrected chi connectivity index (χ4v) is 4.32. The average molecular weight is 350 g/mol. The number of aromatic amines is 1. The Kier molecular flexibility index (Phi) is 3.48. The predicted octanol–water partition coefficient (Wildman–Crippen LogP) is 2.20. The van der Waals surface area contributed by atoms with E-state index in [1.807, 2.05) is 18.2 Å². The number of rotatable bonds is 2. The summed E-state index contributed by atoms with van der Waals surface area (Å²) in [5.74, 6) is 1.49. The van der Waals surface area contributed by atoms with Crippen LogP contribution in [0.25, 0.3) is 11.0 Å². The van der Waals surface area contributed by atoms with Crippen molar-refractivity contribution >= 4 is 22.9 Å². The number of amides is 1. The number of hydrogen-bond acceptors (Lipinski definition) is 4. The van der Waals surface area contributed by atoms with Crippen LogP contribution in [0.2, 0.25) is 0 Å². The van der Waals surface area contributed by atoms with Crippen LogP contribution >= 0.6 is 0 Å². The smallest absolute Gasteiger partial charge is 0.253 e. The van der Waals surface area contributed by atoms with Gasteiger partial charge in [-0.05, 0) is 31.9 Å². The highest BCUT2D eigenvalue weighted by atomic mass is 16.1. The number of imidazole rings is 2. The molecule has 0 aliphatic carbocycles. The highest BCUT2D eigenvalue weighted by Gasteiger charge is 2.28. The number of carbonyl (C=O) groups excluding carboxylic acids is 1. The molecule has 26 heavy (non-hydrogen) atoms. The standard InChI is InChI=1S/C19H22N6O/c1-12-16(22-11-21-12)13-5-8-24(9-6-13)19-23-15-4-2-3-14-17(15)25(19)10-7-20-18(14)26/h2-4,11,13H,5-10H2,1H3,(H,20,26)(H,21,22). The Bertz CT molecular complexity index is 979. The second kappa shape index (κ2) is 5.86. The highest BCUT2D eigenvalue weighted by Crippen LogP contribution is 2.33. The van der Waals surface area contributed by atoms with Gasteiger partial charge in [0.15, 0.2) is 0 Å². The number of nitrogens with one attached hydrogen (secondary N) is 2. The molecule has 0 unspecified atom stereocenters. The third-order valence-corrected chi connectivity index (χ3v) is 5.65. The summed E-state index contributed by atoms with van der Waals surface area (Å²) in [6, 6.07) is 5.80. The average Bonchev–Trinajstić information content (AvgIpc) is 3.20. The number of hydrogen-bond donors (Lipinski definition) is 2. The molecule has 2 aliphatic heterocycles. The molecule has 0 saturated carbocycles. The Labute approximate surface area is 151 Å². The summed E-state index contributed by atoms with van der Waals surface area (Å²) in [5.41, 5.74) is 4.97. The van der Waals surface area contributed by atoms with Crippen LogP contribution in [-0.2, 0) is 6.54 Å². The molecule has 0 radical (unpaired) electrons. The molecule has 4 heterocycles. The molecule has 2 N–H and O–H groups in total. The van der Waals surface area contributed by atoms with Gasteiger partial charge in [-0.25, -0.2) is 9.97 Å². The van der Waals surface area contributed by atoms with Gasteiger partial charge in [-0.15, -0.1) is 0 Å². The van der Waals surface area contributed by atoms with Crippen molar-refractivity contribution in [1.82, 2.24) is 24.8 Å². The molecule has 1 amide bonds. The molecule has 0 atom stereocenters. The van der Waals surface area contributed by atoms with Crippen molar-refractivity contribution in [2.75, 3.05) is 24.5 Å². The van der Waals surface area contributed by atoms with Gasteiger partial charge in [0.25, 0.3) is 5.91 Å². The Balaban J connectivity index is 1.47. The van der Waals surface area contributed by atoms with Gasteiger partial charge in [0.05, 0.1) is 28.6 Å². The number of para-hydroxylation sites is 1. The summed E-state index contributed by atoms with van der Waals surface area (Å²) in [6.45, 7) is 5.39. The first kappa shape index (κ1) is 15.4. The predicted molar refractivity (Wildman–Crippen MR) is 99.6 cm³/mol. The fourth-order valence-electron chi connectivity index (χ4n) is 4.32. The third kappa shape index (κ3) is 2.30. The normalized spacial score (nSPS) is 18.2. The second-order valence-corrected chi connectivity index (χ2v) is 7.17. The maximum Gasteiger partial charge on any atom is 0.253 e. The highest BCUT2D eigenvalue weighted by molar-refractivity contribution is 6.06. The number of anilines is 1. The van der Waals surface area contributed by atoms with E-state index in [0.717, 1.165) is 55.0 Å². The van der Waals surface area contributed by atoms with E-state index in [1.165, 1.54) is 11.4 Å². The number of benzene rings is 1. The fraction of sp³-hybridized carbons (Fsp3) is 0.421. The molecule has 5 rings (SSSR count). The minimum atomic E-state index is -0.00600. The SMILES string of the molecule is Cc1[nH]cnc1C1CCN(c2nc3cccc4c3n2CCNC4=O)CC1. The largest absolute Gasteiger partial charge is 0.350 e. The maximum absolute atomic E-state index is 12.3. The third-order valence-electron chi connectivity index (χ3n) is 5.65. The van der Waals surface area contributed by atoms with Crippen molar-refractivity contribution in [3.8, 4) is 0 Å². The number of carbonyl (C=O) groups is 1. The van der Waals surface area contributed by atoms with Crippen LogP contribution in [0.3, 0.4) is 0 Å². The molecular formula is C19H22N6O. The lowest BCUT2D eigenvalue weighted by atomic mass is 9.93. The van der Waals surface area contributed by atoms with Gasteiger partial charge in [-0.1, -0.05) is 6.07 Å². The van der Waals surface area contributed by atoms with Crippen molar-refractivity contribution in [1.29, 1.82) is 0 Å². The number of nitrogens with zero attached hydrogens (tertiary/aromatic N) is 4. The summed E-state index contributed by atoms with van der Waals surface area (Å²) in [4.78, 5) is 27.2. The number of aryl methyl sites for hydroxylation is 1. The Morgan fingerprint density at radius 2 is 2.04 bits per heavy atom. The number of H-pyrrole nitrogens is 1. The van der Waals surface area contributed by atoms with Crippen molar-refractivity contribution in [2.45, 2.75) is 32.2 Å². The van der Waals surface area contributed by atoms with E-state index in [1.54, 1.807) is 6.33 Å². The molecule has 0 bridgehead atoms. The number of aromatic nitrogens is 4. The van der Waals surface area contributed by atoms with E-state index in [9.17, 15) is 4.79 Å². The van der Waals surface area contributed by atoms with E-state index in [4.69, 9.17) is 4.98 Å². The quantitative estimate of drug-likeness (QED) is 0.743. The van der Waals surface area contributed by atoms with Gasteiger partial charge in [0.2, 0.25) is 5.95 Å².